The fraction of sp³-hybridized carbons (Fsp3) is 0.353. The summed E-state index contributed by atoms with van der Waals surface area (Å²) in [5, 5.41) is 9.31. The van der Waals surface area contributed by atoms with Gasteiger partial charge in [-0.25, -0.2) is 0 Å². The fourth-order valence-corrected chi connectivity index (χ4v) is 2.77. The van der Waals surface area contributed by atoms with Gasteiger partial charge in [-0.2, -0.15) is 0 Å². The molecule has 0 aliphatic heterocycles. The van der Waals surface area contributed by atoms with Crippen LogP contribution in [0.1, 0.15) is 40.3 Å². The van der Waals surface area contributed by atoms with E-state index in [9.17, 15) is 9.90 Å². The van der Waals surface area contributed by atoms with E-state index in [1.807, 2.05) is 19.9 Å². The first-order chi connectivity index (χ1) is 9.95. The van der Waals surface area contributed by atoms with Gasteiger partial charge in [0.1, 0.15) is 5.75 Å². The van der Waals surface area contributed by atoms with Crippen LogP contribution in [0.3, 0.4) is 0 Å². The van der Waals surface area contributed by atoms with E-state index in [4.69, 9.17) is 4.74 Å². The smallest absolute Gasteiger partial charge is 0.194 e. The molecule has 0 saturated carbocycles. The highest BCUT2D eigenvalue weighted by Gasteiger charge is 2.19. The monoisotopic (exact) mass is 287 g/mol. The largest absolute Gasteiger partial charge is 0.508 e. The van der Waals surface area contributed by atoms with Crippen LogP contribution in [0, 0.1) is 13.8 Å². The van der Waals surface area contributed by atoms with Gasteiger partial charge >= 0.3 is 0 Å². The average Bonchev–Trinajstić information content (AvgIpc) is 2.74. The molecule has 0 aliphatic rings. The van der Waals surface area contributed by atoms with Crippen molar-refractivity contribution in [3.05, 3.63) is 52.8 Å². The lowest BCUT2D eigenvalue weighted by molar-refractivity contribution is 0.103. The van der Waals surface area contributed by atoms with Gasteiger partial charge < -0.3 is 14.4 Å². The van der Waals surface area contributed by atoms with Crippen molar-refractivity contribution in [3.8, 4) is 5.75 Å². The van der Waals surface area contributed by atoms with Gasteiger partial charge in [-0.05, 0) is 51.1 Å². The van der Waals surface area contributed by atoms with Gasteiger partial charge in [-0.15, -0.1) is 0 Å². The molecule has 1 N–H and O–H groups in total. The van der Waals surface area contributed by atoms with Crippen molar-refractivity contribution in [2.24, 2.45) is 0 Å². The molecule has 0 saturated heterocycles. The Labute approximate surface area is 125 Å². The number of aromatic hydroxyl groups is 1. The Morgan fingerprint density at radius 1 is 1.29 bits per heavy atom. The molecule has 112 valence electrons. The molecule has 0 bridgehead atoms. The van der Waals surface area contributed by atoms with Crippen LogP contribution in [-0.2, 0) is 4.74 Å². The predicted octanol–water partition coefficient (Wildman–Crippen LogP) is 3.25. The van der Waals surface area contributed by atoms with Gasteiger partial charge in [0.2, 0.25) is 0 Å². The lowest BCUT2D eigenvalue weighted by atomic mass is 10.0. The molecular weight excluding hydrogens is 266 g/mol. The Balaban J connectivity index is 2.39. The fourth-order valence-electron chi connectivity index (χ4n) is 2.77. The number of nitrogens with zero attached hydrogens (tertiary/aromatic N) is 1. The van der Waals surface area contributed by atoms with Gasteiger partial charge in [-0.1, -0.05) is 0 Å². The van der Waals surface area contributed by atoms with Gasteiger partial charge in [0.05, 0.1) is 12.6 Å². The number of aryl methyl sites for hydroxylation is 1. The number of hydrogen-bond acceptors (Lipinski definition) is 3. The molecule has 0 radical (unpaired) electrons. The van der Waals surface area contributed by atoms with Crippen LogP contribution < -0.4 is 0 Å². The van der Waals surface area contributed by atoms with Gasteiger partial charge in [-0.3, -0.25) is 4.79 Å². The molecule has 4 nitrogen and oxygen atoms in total. The van der Waals surface area contributed by atoms with E-state index >= 15 is 0 Å². The zero-order valence-corrected chi connectivity index (χ0v) is 12.9. The highest BCUT2D eigenvalue weighted by molar-refractivity contribution is 6.10. The maximum atomic E-state index is 12.6. The van der Waals surface area contributed by atoms with E-state index in [1.54, 1.807) is 19.2 Å². The lowest BCUT2D eigenvalue weighted by Crippen LogP contribution is -2.14. The van der Waals surface area contributed by atoms with E-state index in [0.29, 0.717) is 17.7 Å². The number of carbonyl (C=O) groups is 1. The zero-order chi connectivity index (χ0) is 15.6. The van der Waals surface area contributed by atoms with Crippen LogP contribution >= 0.6 is 0 Å². The van der Waals surface area contributed by atoms with E-state index in [0.717, 1.165) is 11.4 Å². The quantitative estimate of drug-likeness (QED) is 0.859. The summed E-state index contributed by atoms with van der Waals surface area (Å²) >= 11 is 0. The molecule has 4 heteroatoms. The third-order valence-electron chi connectivity index (χ3n) is 3.71. The van der Waals surface area contributed by atoms with Crippen LogP contribution in [0.2, 0.25) is 0 Å². The van der Waals surface area contributed by atoms with Gasteiger partial charge in [0.25, 0.3) is 0 Å². The maximum Gasteiger partial charge on any atom is 0.194 e. The van der Waals surface area contributed by atoms with Gasteiger partial charge in [0.15, 0.2) is 5.78 Å². The summed E-state index contributed by atoms with van der Waals surface area (Å²) < 4.78 is 7.32. The van der Waals surface area contributed by atoms with Crippen molar-refractivity contribution >= 4 is 5.78 Å². The van der Waals surface area contributed by atoms with Crippen molar-refractivity contribution in [3.63, 3.8) is 0 Å². The summed E-state index contributed by atoms with van der Waals surface area (Å²) in [6, 6.07) is 8.43. The minimum atomic E-state index is -0.0287. The predicted molar refractivity (Wildman–Crippen MR) is 82.0 cm³/mol. The van der Waals surface area contributed by atoms with Crippen molar-refractivity contribution in [2.45, 2.75) is 26.8 Å². The Morgan fingerprint density at radius 2 is 1.90 bits per heavy atom. The van der Waals surface area contributed by atoms with Crippen LogP contribution in [0.25, 0.3) is 0 Å². The number of benzene rings is 1. The second-order valence-corrected chi connectivity index (χ2v) is 5.34. The Kier molecular flexibility index (Phi) is 4.48. The summed E-state index contributed by atoms with van der Waals surface area (Å²) in [4.78, 5) is 12.6. The molecule has 1 aromatic heterocycles. The number of aromatic nitrogens is 1. The number of carbonyl (C=O) groups excluding carboxylic acids is 1. The maximum absolute atomic E-state index is 12.6. The number of hydrogen-bond donors (Lipinski definition) is 1. The van der Waals surface area contributed by atoms with Crippen molar-refractivity contribution in [1.29, 1.82) is 0 Å². The van der Waals surface area contributed by atoms with E-state index < -0.39 is 0 Å². The van der Waals surface area contributed by atoms with Crippen LogP contribution in [0.4, 0.5) is 0 Å². The number of ketones is 1. The number of rotatable bonds is 5. The lowest BCUT2D eigenvalue weighted by Gasteiger charge is -2.17. The molecule has 1 heterocycles. The topological polar surface area (TPSA) is 51.5 Å². The van der Waals surface area contributed by atoms with Crippen molar-refractivity contribution in [1.82, 2.24) is 4.57 Å². The molecule has 0 amide bonds. The highest BCUT2D eigenvalue weighted by Crippen LogP contribution is 2.23. The van der Waals surface area contributed by atoms with E-state index in [2.05, 4.69) is 11.5 Å². The number of phenols is 1. The number of methoxy groups -OCH3 is 1. The summed E-state index contributed by atoms with van der Waals surface area (Å²) in [5.41, 5.74) is 3.25. The van der Waals surface area contributed by atoms with Crippen LogP contribution in [0.15, 0.2) is 30.3 Å². The summed E-state index contributed by atoms with van der Waals surface area (Å²) in [5.74, 6) is 0.129. The highest BCUT2D eigenvalue weighted by atomic mass is 16.5. The minimum Gasteiger partial charge on any atom is -0.508 e. The molecule has 0 spiro atoms. The van der Waals surface area contributed by atoms with Crippen molar-refractivity contribution in [2.75, 3.05) is 13.7 Å². The molecule has 0 fully saturated rings. The minimum absolute atomic E-state index is 0.0287. The van der Waals surface area contributed by atoms with Crippen molar-refractivity contribution < 1.29 is 14.6 Å². The molecule has 1 atom stereocenters. The second kappa shape index (κ2) is 6.14. The molecule has 1 aromatic carbocycles. The van der Waals surface area contributed by atoms with E-state index in [-0.39, 0.29) is 17.6 Å². The molecule has 1 unspecified atom stereocenters. The average molecular weight is 287 g/mol. The normalized spacial score (nSPS) is 12.4. The second-order valence-electron chi connectivity index (χ2n) is 5.34. The number of ether oxygens (including phenoxy) is 1. The SMILES string of the molecule is COCC(C)n1c(C)cc(C(=O)c2ccc(O)cc2)c1C. The third kappa shape index (κ3) is 3.00. The first-order valence-electron chi connectivity index (χ1n) is 6.96. The number of phenolic OH excluding ortho intramolecular Hbond substituents is 1. The molecule has 21 heavy (non-hydrogen) atoms. The van der Waals surface area contributed by atoms with Crippen LogP contribution in [-0.4, -0.2) is 29.2 Å². The standard InChI is InChI=1S/C17H21NO3/c1-11-9-16(13(3)18(11)12(2)10-21-4)17(20)14-5-7-15(19)8-6-14/h5-9,12,19H,10H2,1-4H3. The van der Waals surface area contributed by atoms with Gasteiger partial charge in [0, 0.05) is 29.6 Å². The molecule has 2 rings (SSSR count). The zero-order valence-electron chi connectivity index (χ0n) is 12.9. The summed E-state index contributed by atoms with van der Waals surface area (Å²) in [6.45, 7) is 6.61. The third-order valence-corrected chi connectivity index (χ3v) is 3.71. The van der Waals surface area contributed by atoms with Crippen LogP contribution in [0.5, 0.6) is 5.75 Å². The molecule has 2 aromatic rings. The van der Waals surface area contributed by atoms with E-state index in [1.165, 1.54) is 12.1 Å². The summed E-state index contributed by atoms with van der Waals surface area (Å²) in [7, 11) is 1.67. The Morgan fingerprint density at radius 3 is 2.48 bits per heavy atom. The summed E-state index contributed by atoms with van der Waals surface area (Å²) in [6.07, 6.45) is 0. The Bertz CT molecular complexity index is 641. The molecular formula is C17H21NO3. The Hall–Kier alpha value is -2.07. The molecule has 0 aliphatic carbocycles. The first kappa shape index (κ1) is 15.3. The first-order valence-corrected chi connectivity index (χ1v) is 6.96.